The van der Waals surface area contributed by atoms with Crippen LogP contribution >= 0.6 is 0 Å². The first-order valence-corrected chi connectivity index (χ1v) is 8.72. The number of esters is 1. The minimum absolute atomic E-state index is 0.111. The van der Waals surface area contributed by atoms with Crippen LogP contribution < -0.4 is 5.32 Å². The number of nitrogens with one attached hydrogen (secondary N) is 1. The van der Waals surface area contributed by atoms with E-state index in [0.717, 1.165) is 10.6 Å². The summed E-state index contributed by atoms with van der Waals surface area (Å²) in [6, 6.07) is 11.7. The van der Waals surface area contributed by atoms with E-state index in [-0.39, 0.29) is 18.1 Å². The molecule has 0 saturated carbocycles. The highest BCUT2D eigenvalue weighted by atomic mass is 16.5. The number of ether oxygens (including phenoxy) is 1. The molecule has 1 atom stereocenters. The van der Waals surface area contributed by atoms with Crippen molar-refractivity contribution in [3.63, 3.8) is 0 Å². The first-order valence-electron chi connectivity index (χ1n) is 8.72. The van der Waals surface area contributed by atoms with Crippen molar-refractivity contribution in [2.75, 3.05) is 14.2 Å². The van der Waals surface area contributed by atoms with Crippen molar-refractivity contribution in [1.29, 1.82) is 0 Å². The maximum Gasteiger partial charge on any atom is 0.337 e. The number of carbonyl (C=O) groups is 3. The Labute approximate surface area is 168 Å². The Bertz CT molecular complexity index is 894. The molecule has 2 amide bonds. The molecule has 0 heterocycles. The molecule has 2 N–H and O–H groups in total. The Morgan fingerprint density at radius 3 is 2.28 bits per heavy atom. The fourth-order valence-corrected chi connectivity index (χ4v) is 2.48. The highest BCUT2D eigenvalue weighted by molar-refractivity contribution is 5.89. The molecule has 9 heteroatoms. The fraction of sp³-hybridized carbons (Fsp3) is 0.250. The van der Waals surface area contributed by atoms with E-state index in [9.17, 15) is 19.5 Å². The molecule has 0 aliphatic rings. The number of benzene rings is 2. The molecule has 0 aliphatic heterocycles. The molecule has 0 spiro atoms. The van der Waals surface area contributed by atoms with Crippen LogP contribution in [0.25, 0.3) is 0 Å². The van der Waals surface area contributed by atoms with Gasteiger partial charge in [0.1, 0.15) is 11.8 Å². The maximum absolute atomic E-state index is 12.7. The minimum atomic E-state index is -0.845. The lowest BCUT2D eigenvalue weighted by molar-refractivity contribution is -0.135. The second-order valence-electron chi connectivity index (χ2n) is 6.21. The molecular formula is C20H22N4O5. The molecular weight excluding hydrogens is 376 g/mol. The standard InChI is InChI=1S/C20H22N4O5/c1-13(25)21-18(12-14-4-10-17(26)11-5-14)19(27)24(2)23-22-16-8-6-15(7-9-16)20(28)29-3/h4-11,18,26H,12H2,1-3H3,(H,21,25)/t18-/m0/s1. The van der Waals surface area contributed by atoms with E-state index in [0.29, 0.717) is 11.3 Å². The van der Waals surface area contributed by atoms with Crippen LogP contribution in [0.2, 0.25) is 0 Å². The number of nitrogens with zero attached hydrogens (tertiary/aromatic N) is 3. The van der Waals surface area contributed by atoms with Gasteiger partial charge in [0.25, 0.3) is 5.91 Å². The van der Waals surface area contributed by atoms with E-state index >= 15 is 0 Å². The second kappa shape index (κ2) is 9.98. The lowest BCUT2D eigenvalue weighted by Crippen LogP contribution is -2.46. The fourth-order valence-electron chi connectivity index (χ4n) is 2.48. The van der Waals surface area contributed by atoms with Crippen molar-refractivity contribution >= 4 is 23.5 Å². The van der Waals surface area contributed by atoms with Gasteiger partial charge < -0.3 is 15.2 Å². The molecule has 2 aromatic rings. The number of amides is 2. The molecule has 2 rings (SSSR count). The monoisotopic (exact) mass is 398 g/mol. The molecule has 0 bridgehead atoms. The molecule has 0 saturated heterocycles. The van der Waals surface area contributed by atoms with Crippen LogP contribution in [0, 0.1) is 0 Å². The highest BCUT2D eigenvalue weighted by Gasteiger charge is 2.23. The van der Waals surface area contributed by atoms with Crippen LogP contribution in [0.15, 0.2) is 58.9 Å². The summed E-state index contributed by atoms with van der Waals surface area (Å²) in [6.45, 7) is 1.32. The average molecular weight is 398 g/mol. The molecule has 9 nitrogen and oxygen atoms in total. The Morgan fingerprint density at radius 1 is 1.10 bits per heavy atom. The van der Waals surface area contributed by atoms with Gasteiger partial charge in [0.15, 0.2) is 0 Å². The summed E-state index contributed by atoms with van der Waals surface area (Å²) >= 11 is 0. The molecule has 0 fully saturated rings. The molecule has 2 aromatic carbocycles. The first kappa shape index (κ1) is 21.5. The van der Waals surface area contributed by atoms with Crippen molar-refractivity contribution in [2.45, 2.75) is 19.4 Å². The third-order valence-corrected chi connectivity index (χ3v) is 3.95. The Hall–Kier alpha value is -3.75. The van der Waals surface area contributed by atoms with Crippen molar-refractivity contribution < 1.29 is 24.2 Å². The van der Waals surface area contributed by atoms with Crippen LogP contribution in [-0.4, -0.2) is 48.1 Å². The summed E-state index contributed by atoms with van der Waals surface area (Å²) in [5, 5.41) is 20.9. The molecule has 0 radical (unpaired) electrons. The normalized spacial score (nSPS) is 11.7. The van der Waals surface area contributed by atoms with Crippen molar-refractivity contribution in [3.8, 4) is 5.75 Å². The number of phenolic OH excluding ortho intramolecular Hbond substituents is 1. The number of aromatic hydroxyl groups is 1. The van der Waals surface area contributed by atoms with Crippen LogP contribution in [-0.2, 0) is 20.7 Å². The number of likely N-dealkylation sites (N-methyl/N-ethyl adjacent to an activating group) is 1. The van der Waals surface area contributed by atoms with Crippen molar-refractivity contribution in [3.05, 3.63) is 59.7 Å². The quantitative estimate of drug-likeness (QED) is 0.421. The van der Waals surface area contributed by atoms with Crippen LogP contribution in [0.1, 0.15) is 22.8 Å². The smallest absolute Gasteiger partial charge is 0.337 e. The van der Waals surface area contributed by atoms with E-state index in [2.05, 4.69) is 20.4 Å². The number of phenols is 1. The van der Waals surface area contributed by atoms with Gasteiger partial charge in [-0.2, -0.15) is 0 Å². The lowest BCUT2D eigenvalue weighted by atomic mass is 10.0. The van der Waals surface area contributed by atoms with E-state index in [1.165, 1.54) is 45.3 Å². The van der Waals surface area contributed by atoms with Crippen LogP contribution in [0.4, 0.5) is 5.69 Å². The van der Waals surface area contributed by atoms with Gasteiger partial charge in [0.05, 0.1) is 18.4 Å². The van der Waals surface area contributed by atoms with E-state index in [1.54, 1.807) is 24.3 Å². The number of hydrogen-bond donors (Lipinski definition) is 2. The zero-order valence-corrected chi connectivity index (χ0v) is 16.3. The van der Waals surface area contributed by atoms with Gasteiger partial charge >= 0.3 is 5.97 Å². The van der Waals surface area contributed by atoms with E-state index in [1.807, 2.05) is 0 Å². The number of hydrogen-bond acceptors (Lipinski definition) is 7. The summed E-state index contributed by atoms with van der Waals surface area (Å²) in [5.74, 6) is -1.16. The summed E-state index contributed by atoms with van der Waals surface area (Å²) < 4.78 is 4.62. The third kappa shape index (κ3) is 6.42. The zero-order valence-electron chi connectivity index (χ0n) is 16.3. The summed E-state index contributed by atoms with van der Waals surface area (Å²) in [4.78, 5) is 35.6. The predicted octanol–water partition coefficient (Wildman–Crippen LogP) is 2.38. The zero-order chi connectivity index (χ0) is 21.4. The number of rotatable bonds is 7. The average Bonchev–Trinajstić information content (AvgIpc) is 2.72. The second-order valence-corrected chi connectivity index (χ2v) is 6.21. The summed E-state index contributed by atoms with van der Waals surface area (Å²) in [5.41, 5.74) is 1.57. The first-order chi connectivity index (χ1) is 13.8. The van der Waals surface area contributed by atoms with Gasteiger partial charge in [0.2, 0.25) is 5.91 Å². The van der Waals surface area contributed by atoms with Gasteiger partial charge in [0, 0.05) is 20.4 Å². The maximum atomic E-state index is 12.7. The summed E-state index contributed by atoms with van der Waals surface area (Å²) in [6.07, 6.45) is 0.229. The predicted molar refractivity (Wildman–Crippen MR) is 104 cm³/mol. The van der Waals surface area contributed by atoms with Crippen LogP contribution in [0.3, 0.4) is 0 Å². The Kier molecular flexibility index (Phi) is 7.41. The van der Waals surface area contributed by atoms with Gasteiger partial charge in [-0.1, -0.05) is 17.4 Å². The molecule has 152 valence electrons. The van der Waals surface area contributed by atoms with Crippen molar-refractivity contribution in [1.82, 2.24) is 10.3 Å². The van der Waals surface area contributed by atoms with Gasteiger partial charge in [-0.15, -0.1) is 5.11 Å². The third-order valence-electron chi connectivity index (χ3n) is 3.95. The number of carbonyl (C=O) groups excluding carboxylic acids is 3. The number of methoxy groups -OCH3 is 1. The molecule has 29 heavy (non-hydrogen) atoms. The molecule has 0 aliphatic carbocycles. The topological polar surface area (TPSA) is 121 Å². The Morgan fingerprint density at radius 2 is 1.72 bits per heavy atom. The van der Waals surface area contributed by atoms with E-state index in [4.69, 9.17) is 0 Å². The Balaban J connectivity index is 2.08. The van der Waals surface area contributed by atoms with Crippen molar-refractivity contribution in [2.24, 2.45) is 10.3 Å². The van der Waals surface area contributed by atoms with E-state index < -0.39 is 17.9 Å². The lowest BCUT2D eigenvalue weighted by Gasteiger charge is -2.20. The van der Waals surface area contributed by atoms with Crippen LogP contribution in [0.5, 0.6) is 5.75 Å². The summed E-state index contributed by atoms with van der Waals surface area (Å²) in [7, 11) is 2.72. The van der Waals surface area contributed by atoms with Gasteiger partial charge in [-0.05, 0) is 42.0 Å². The molecule has 0 aromatic heterocycles. The minimum Gasteiger partial charge on any atom is -0.508 e. The largest absolute Gasteiger partial charge is 0.508 e. The van der Waals surface area contributed by atoms with Gasteiger partial charge in [-0.25, -0.2) is 9.80 Å². The highest BCUT2D eigenvalue weighted by Crippen LogP contribution is 2.16. The molecule has 0 unspecified atom stereocenters. The van der Waals surface area contributed by atoms with Gasteiger partial charge in [-0.3, -0.25) is 9.59 Å². The SMILES string of the molecule is COC(=O)c1ccc(N=NN(C)C(=O)[C@H](Cc2ccc(O)cc2)NC(C)=O)cc1.